The number of hydrogen-bond acceptors (Lipinski definition) is 7. The Kier molecular flexibility index (Phi) is 14.0. The third-order valence-electron chi connectivity index (χ3n) is 5.96. The lowest BCUT2D eigenvalue weighted by Gasteiger charge is -2.24. The third-order valence-corrected chi connectivity index (χ3v) is 5.96. The van der Waals surface area contributed by atoms with Gasteiger partial charge in [-0.2, -0.15) is 0 Å². The molecular weight excluding hydrogens is 466 g/mol. The molecule has 0 fully saturated rings. The first-order chi connectivity index (χ1) is 17.1. The predicted octanol–water partition coefficient (Wildman–Crippen LogP) is -0.718. The number of carbonyl (C=O) groups excluding carboxylic acids is 5. The fraction of sp³-hybridized carbons (Fsp3) is 0.560. The predicted molar refractivity (Wildman–Crippen MR) is 134 cm³/mol. The molecule has 0 spiro atoms. The van der Waals surface area contributed by atoms with Crippen molar-refractivity contribution in [3.8, 4) is 0 Å². The van der Waals surface area contributed by atoms with Gasteiger partial charge in [-0.1, -0.05) is 43.7 Å². The number of unbranched alkanes of at least 4 members (excludes halogenated alkanes) is 1. The summed E-state index contributed by atoms with van der Waals surface area (Å²) in [6, 6.07) is 6.88. The molecule has 0 saturated heterocycles. The number of amides is 4. The summed E-state index contributed by atoms with van der Waals surface area (Å²) in [5.41, 5.74) is 16.8. The van der Waals surface area contributed by atoms with Crippen LogP contribution in [0.25, 0.3) is 0 Å². The van der Waals surface area contributed by atoms with Crippen molar-refractivity contribution in [3.63, 3.8) is 0 Å². The van der Waals surface area contributed by atoms with E-state index in [-0.39, 0.29) is 25.2 Å². The van der Waals surface area contributed by atoms with E-state index < -0.39 is 54.0 Å². The van der Waals surface area contributed by atoms with Crippen molar-refractivity contribution in [2.75, 3.05) is 13.2 Å². The van der Waals surface area contributed by atoms with Gasteiger partial charge >= 0.3 is 0 Å². The van der Waals surface area contributed by atoms with Crippen LogP contribution in [0.3, 0.4) is 0 Å². The van der Waals surface area contributed by atoms with Crippen LogP contribution in [0, 0.1) is 11.8 Å². The van der Waals surface area contributed by atoms with Crippen LogP contribution in [0.2, 0.25) is 0 Å². The van der Waals surface area contributed by atoms with E-state index in [0.29, 0.717) is 32.2 Å². The van der Waals surface area contributed by atoms with Gasteiger partial charge in [-0.15, -0.1) is 0 Å². The van der Waals surface area contributed by atoms with Crippen LogP contribution in [-0.4, -0.2) is 59.8 Å². The molecule has 9 N–H and O–H groups in total. The molecule has 1 rings (SSSR count). The number of nitrogens with one attached hydrogen (secondary N) is 2. The van der Waals surface area contributed by atoms with Crippen LogP contribution in [0.5, 0.6) is 0 Å². The molecule has 11 nitrogen and oxygen atoms in total. The molecule has 4 amide bonds. The minimum Gasteiger partial charge on any atom is -0.396 e. The summed E-state index contributed by atoms with van der Waals surface area (Å²) >= 11 is 0. The van der Waals surface area contributed by atoms with E-state index >= 15 is 0 Å². The Morgan fingerprint density at radius 2 is 1.50 bits per heavy atom. The molecular formula is C25H39N5O6. The van der Waals surface area contributed by atoms with Crippen LogP contribution < -0.4 is 27.8 Å². The van der Waals surface area contributed by atoms with Gasteiger partial charge in [0.2, 0.25) is 23.6 Å². The molecule has 0 saturated carbocycles. The van der Waals surface area contributed by atoms with Crippen molar-refractivity contribution in [1.82, 2.24) is 10.6 Å². The maximum Gasteiger partial charge on any atom is 0.240 e. The molecule has 0 aliphatic carbocycles. The zero-order chi connectivity index (χ0) is 27.1. The Balaban J connectivity index is 3.11. The summed E-state index contributed by atoms with van der Waals surface area (Å²) in [6.07, 6.45) is 1.40. The van der Waals surface area contributed by atoms with Crippen LogP contribution in [0.4, 0.5) is 0 Å². The second-order valence-corrected chi connectivity index (χ2v) is 8.82. The molecule has 0 aromatic heterocycles. The van der Waals surface area contributed by atoms with Crippen LogP contribution >= 0.6 is 0 Å². The average Bonchev–Trinajstić information content (AvgIpc) is 2.83. The molecule has 0 aliphatic rings. The molecule has 4 atom stereocenters. The number of hydrogen-bond donors (Lipinski definition) is 6. The summed E-state index contributed by atoms with van der Waals surface area (Å²) in [4.78, 5) is 62.0. The Hall–Kier alpha value is -3.31. The first-order valence-electron chi connectivity index (χ1n) is 12.2. The van der Waals surface area contributed by atoms with E-state index in [1.807, 2.05) is 30.3 Å². The van der Waals surface area contributed by atoms with Crippen LogP contribution in [-0.2, 0) is 30.4 Å². The molecule has 0 radical (unpaired) electrons. The minimum atomic E-state index is -1.29. The van der Waals surface area contributed by atoms with Crippen molar-refractivity contribution in [2.24, 2.45) is 29.0 Å². The van der Waals surface area contributed by atoms with Crippen molar-refractivity contribution in [3.05, 3.63) is 35.9 Å². The zero-order valence-corrected chi connectivity index (χ0v) is 20.8. The molecule has 0 bridgehead atoms. The number of nitrogens with two attached hydrogens (primary N) is 3. The van der Waals surface area contributed by atoms with Gasteiger partial charge in [0, 0.05) is 12.3 Å². The molecule has 36 heavy (non-hydrogen) atoms. The molecule has 0 aliphatic heterocycles. The summed E-state index contributed by atoms with van der Waals surface area (Å²) in [5.74, 6) is -4.67. The molecule has 200 valence electrons. The van der Waals surface area contributed by atoms with Gasteiger partial charge < -0.3 is 32.9 Å². The fourth-order valence-corrected chi connectivity index (χ4v) is 3.74. The van der Waals surface area contributed by atoms with Crippen molar-refractivity contribution >= 4 is 29.4 Å². The lowest BCUT2D eigenvalue weighted by molar-refractivity contribution is -0.135. The maximum atomic E-state index is 13.4. The van der Waals surface area contributed by atoms with Crippen molar-refractivity contribution < 1.29 is 29.1 Å². The lowest BCUT2D eigenvalue weighted by Crippen LogP contribution is -2.50. The van der Waals surface area contributed by atoms with Gasteiger partial charge in [0.1, 0.15) is 6.04 Å². The molecule has 0 heterocycles. The summed E-state index contributed by atoms with van der Waals surface area (Å²) in [5, 5.41) is 14.6. The SMILES string of the molecule is CC[C@@H](CO)C(=O)N[C@@H](Cc1ccccc1)C(=O)C[C@@H](CCCCN)C(=O)N[C@@H](CC(N)=O)C(N)=O. The summed E-state index contributed by atoms with van der Waals surface area (Å²) in [7, 11) is 0. The number of Topliss-reactive ketones (excluding diaryl/α,β-unsaturated/α-hetero) is 1. The highest BCUT2D eigenvalue weighted by atomic mass is 16.3. The van der Waals surface area contributed by atoms with E-state index in [9.17, 15) is 29.1 Å². The number of benzene rings is 1. The Morgan fingerprint density at radius 3 is 2.03 bits per heavy atom. The number of rotatable bonds is 18. The fourth-order valence-electron chi connectivity index (χ4n) is 3.74. The first-order valence-corrected chi connectivity index (χ1v) is 12.2. The standard InChI is InChI=1S/C25H39N5O6/c1-2-17(15-31)24(35)29-19(12-16-8-4-3-5-9-16)21(32)13-18(10-6-7-11-26)25(36)30-20(23(28)34)14-22(27)33/h3-5,8-9,17-20,31H,2,6-7,10-15,26H2,1H3,(H2,27,33)(H2,28,34)(H,29,35)(H,30,36)/t17-,18+,19-,20-/m0/s1. The normalized spacial score (nSPS) is 14.2. The highest BCUT2D eigenvalue weighted by Gasteiger charge is 2.31. The Labute approximate surface area is 211 Å². The quantitative estimate of drug-likeness (QED) is 0.141. The highest BCUT2D eigenvalue weighted by Crippen LogP contribution is 2.18. The number of aliphatic hydroxyl groups is 1. The molecule has 1 aromatic rings. The van der Waals surface area contributed by atoms with Gasteiger partial charge in [0.05, 0.1) is 25.0 Å². The van der Waals surface area contributed by atoms with Gasteiger partial charge in [0.15, 0.2) is 5.78 Å². The zero-order valence-electron chi connectivity index (χ0n) is 20.8. The van der Waals surface area contributed by atoms with Gasteiger partial charge in [-0.05, 0) is 37.8 Å². The smallest absolute Gasteiger partial charge is 0.240 e. The van der Waals surface area contributed by atoms with Gasteiger partial charge in [-0.25, -0.2) is 0 Å². The monoisotopic (exact) mass is 505 g/mol. The largest absolute Gasteiger partial charge is 0.396 e. The number of carbonyl (C=O) groups is 5. The number of primary amides is 2. The molecule has 1 aromatic carbocycles. The van der Waals surface area contributed by atoms with E-state index in [4.69, 9.17) is 17.2 Å². The number of aliphatic hydroxyl groups excluding tert-OH is 1. The number of ketones is 1. The first kappa shape index (κ1) is 30.7. The Morgan fingerprint density at radius 1 is 0.889 bits per heavy atom. The summed E-state index contributed by atoms with van der Waals surface area (Å²) in [6.45, 7) is 1.81. The lowest BCUT2D eigenvalue weighted by atomic mass is 9.90. The highest BCUT2D eigenvalue weighted by molar-refractivity contribution is 5.95. The Bertz CT molecular complexity index is 875. The second kappa shape index (κ2) is 16.4. The van der Waals surface area contributed by atoms with Crippen molar-refractivity contribution in [2.45, 2.75) is 64.0 Å². The minimum absolute atomic E-state index is 0.204. The van der Waals surface area contributed by atoms with Crippen molar-refractivity contribution in [1.29, 1.82) is 0 Å². The maximum absolute atomic E-state index is 13.4. The van der Waals surface area contributed by atoms with E-state index in [1.165, 1.54) is 0 Å². The van der Waals surface area contributed by atoms with Crippen LogP contribution in [0.1, 0.15) is 51.0 Å². The van der Waals surface area contributed by atoms with Crippen LogP contribution in [0.15, 0.2) is 30.3 Å². The third kappa shape index (κ3) is 11.0. The van der Waals surface area contributed by atoms with E-state index in [1.54, 1.807) is 6.92 Å². The van der Waals surface area contributed by atoms with E-state index in [2.05, 4.69) is 10.6 Å². The van der Waals surface area contributed by atoms with Gasteiger partial charge in [-0.3, -0.25) is 24.0 Å². The van der Waals surface area contributed by atoms with Gasteiger partial charge in [0.25, 0.3) is 0 Å². The second-order valence-electron chi connectivity index (χ2n) is 8.82. The average molecular weight is 506 g/mol. The summed E-state index contributed by atoms with van der Waals surface area (Å²) < 4.78 is 0. The topological polar surface area (TPSA) is 208 Å². The molecule has 11 heteroatoms. The van der Waals surface area contributed by atoms with E-state index in [0.717, 1.165) is 5.56 Å². The molecule has 0 unspecified atom stereocenters.